The van der Waals surface area contributed by atoms with Gasteiger partial charge in [0.1, 0.15) is 12.4 Å². The summed E-state index contributed by atoms with van der Waals surface area (Å²) in [5.41, 5.74) is 1.38. The quantitative estimate of drug-likeness (QED) is 0.531. The Labute approximate surface area is 174 Å². The molecule has 28 heavy (non-hydrogen) atoms. The van der Waals surface area contributed by atoms with Crippen LogP contribution in [0.1, 0.15) is 33.3 Å². The van der Waals surface area contributed by atoms with Crippen molar-refractivity contribution in [2.24, 2.45) is 0 Å². The molecule has 2 aromatic heterocycles. The molecule has 0 bridgehead atoms. The summed E-state index contributed by atoms with van der Waals surface area (Å²) in [5.74, 6) is 2.15. The Morgan fingerprint density at radius 1 is 1.18 bits per heavy atom. The van der Waals surface area contributed by atoms with E-state index in [2.05, 4.69) is 54.6 Å². The Bertz CT molecular complexity index is 868. The summed E-state index contributed by atoms with van der Waals surface area (Å²) >= 11 is 3.15. The predicted octanol–water partition coefficient (Wildman–Crippen LogP) is 4.86. The minimum absolute atomic E-state index is 0.117. The molecule has 0 fully saturated rings. The molecule has 0 aliphatic heterocycles. The van der Waals surface area contributed by atoms with Gasteiger partial charge in [-0.3, -0.25) is 0 Å². The maximum Gasteiger partial charge on any atom is 0.191 e. The molecule has 3 aromatic rings. The van der Waals surface area contributed by atoms with Gasteiger partial charge < -0.3 is 14.4 Å². The molecule has 5 nitrogen and oxygen atoms in total. The Morgan fingerprint density at radius 3 is 2.54 bits per heavy atom. The van der Waals surface area contributed by atoms with Crippen molar-refractivity contribution in [1.29, 1.82) is 0 Å². The van der Waals surface area contributed by atoms with Crippen LogP contribution in [0.15, 0.2) is 46.9 Å². The normalized spacial score (nSPS) is 12.9. The van der Waals surface area contributed by atoms with Crippen molar-refractivity contribution < 1.29 is 9.84 Å². The Hall–Kier alpha value is -1.83. The zero-order chi connectivity index (χ0) is 20.1. The van der Waals surface area contributed by atoms with Gasteiger partial charge >= 0.3 is 0 Å². The molecule has 0 amide bonds. The molecule has 0 saturated carbocycles. The smallest absolute Gasteiger partial charge is 0.191 e. The highest BCUT2D eigenvalue weighted by atomic mass is 32.2. The third-order valence-electron chi connectivity index (χ3n) is 4.34. The lowest BCUT2D eigenvalue weighted by molar-refractivity contribution is 0.126. The van der Waals surface area contributed by atoms with Crippen molar-refractivity contribution in [1.82, 2.24) is 14.8 Å². The van der Waals surface area contributed by atoms with E-state index >= 15 is 0 Å². The molecule has 1 atom stereocenters. The second-order valence-electron chi connectivity index (χ2n) is 7.58. The Morgan fingerprint density at radius 2 is 1.93 bits per heavy atom. The minimum Gasteiger partial charge on any atom is -0.491 e. The molecule has 150 valence electrons. The monoisotopic (exact) mass is 417 g/mol. The zero-order valence-electron chi connectivity index (χ0n) is 16.8. The van der Waals surface area contributed by atoms with Crippen LogP contribution in [0, 0.1) is 0 Å². The predicted molar refractivity (Wildman–Crippen MR) is 116 cm³/mol. The highest BCUT2D eigenvalue weighted by Crippen LogP contribution is 2.28. The molecule has 0 spiro atoms. The third kappa shape index (κ3) is 5.16. The molecule has 7 heteroatoms. The average Bonchev–Trinajstić information content (AvgIpc) is 3.33. The summed E-state index contributed by atoms with van der Waals surface area (Å²) in [4.78, 5) is 1.10. The standard InChI is InChI=1S/C21H27N3O2S2/c1-5-24-19(18-7-6-12-27-18)22-23-20(24)28-14-16(25)13-26-17-10-8-15(9-11-17)21(2,3)4/h6-12,16,25H,5,13-14H2,1-4H3/t16-/m1/s1. The number of benzene rings is 1. The lowest BCUT2D eigenvalue weighted by atomic mass is 9.87. The van der Waals surface area contributed by atoms with E-state index in [1.165, 1.54) is 17.3 Å². The molecule has 1 N–H and O–H groups in total. The van der Waals surface area contributed by atoms with E-state index in [1.807, 2.05) is 29.6 Å². The van der Waals surface area contributed by atoms with Crippen LogP contribution in [0.4, 0.5) is 0 Å². The van der Waals surface area contributed by atoms with Crippen LogP contribution in [0.5, 0.6) is 5.75 Å². The van der Waals surface area contributed by atoms with Crippen LogP contribution >= 0.6 is 23.1 Å². The number of thiophene rings is 1. The number of aliphatic hydroxyl groups excluding tert-OH is 1. The maximum absolute atomic E-state index is 10.3. The maximum atomic E-state index is 10.3. The summed E-state index contributed by atoms with van der Waals surface area (Å²) in [5, 5.41) is 21.8. The van der Waals surface area contributed by atoms with Crippen molar-refractivity contribution in [2.45, 2.75) is 50.9 Å². The number of hydrogen-bond acceptors (Lipinski definition) is 6. The minimum atomic E-state index is -0.584. The van der Waals surface area contributed by atoms with E-state index in [0.29, 0.717) is 5.75 Å². The van der Waals surface area contributed by atoms with Crippen molar-refractivity contribution in [3.05, 3.63) is 47.3 Å². The number of thioether (sulfide) groups is 1. The van der Waals surface area contributed by atoms with Gasteiger partial charge in [-0.2, -0.15) is 0 Å². The fraction of sp³-hybridized carbons (Fsp3) is 0.429. The number of nitrogens with zero attached hydrogens (tertiary/aromatic N) is 3. The van der Waals surface area contributed by atoms with E-state index in [0.717, 1.165) is 28.2 Å². The molecule has 3 rings (SSSR count). The van der Waals surface area contributed by atoms with E-state index in [9.17, 15) is 5.11 Å². The molecular formula is C21H27N3O2S2. The van der Waals surface area contributed by atoms with Crippen LogP contribution in [0.25, 0.3) is 10.7 Å². The number of aromatic nitrogens is 3. The number of ether oxygens (including phenoxy) is 1. The van der Waals surface area contributed by atoms with Crippen LogP contribution < -0.4 is 4.74 Å². The van der Waals surface area contributed by atoms with Gasteiger partial charge in [-0.05, 0) is 41.5 Å². The van der Waals surface area contributed by atoms with E-state index in [-0.39, 0.29) is 12.0 Å². The summed E-state index contributed by atoms with van der Waals surface area (Å²) in [6, 6.07) is 12.1. The third-order valence-corrected chi connectivity index (χ3v) is 6.32. The molecule has 0 aliphatic rings. The van der Waals surface area contributed by atoms with Crippen molar-refractivity contribution in [2.75, 3.05) is 12.4 Å². The number of hydrogen-bond donors (Lipinski definition) is 1. The van der Waals surface area contributed by atoms with E-state index in [1.54, 1.807) is 11.3 Å². The van der Waals surface area contributed by atoms with Gasteiger partial charge in [-0.25, -0.2) is 0 Å². The molecule has 2 heterocycles. The lowest BCUT2D eigenvalue weighted by Crippen LogP contribution is -2.20. The SMILES string of the molecule is CCn1c(SC[C@H](O)COc2ccc(C(C)(C)C)cc2)nnc1-c1cccs1. The molecule has 0 aliphatic carbocycles. The van der Waals surface area contributed by atoms with Crippen LogP contribution in [-0.4, -0.2) is 38.3 Å². The van der Waals surface area contributed by atoms with Gasteiger partial charge in [-0.15, -0.1) is 21.5 Å². The summed E-state index contributed by atoms with van der Waals surface area (Å²) in [6.07, 6.45) is -0.584. The summed E-state index contributed by atoms with van der Waals surface area (Å²) in [7, 11) is 0. The largest absolute Gasteiger partial charge is 0.491 e. The fourth-order valence-corrected chi connectivity index (χ4v) is 4.36. The van der Waals surface area contributed by atoms with Gasteiger partial charge in [0.05, 0.1) is 11.0 Å². The lowest BCUT2D eigenvalue weighted by Gasteiger charge is -2.19. The number of aliphatic hydroxyl groups is 1. The highest BCUT2D eigenvalue weighted by Gasteiger charge is 2.16. The van der Waals surface area contributed by atoms with Crippen molar-refractivity contribution >= 4 is 23.1 Å². The first-order valence-electron chi connectivity index (χ1n) is 9.39. The van der Waals surface area contributed by atoms with Crippen molar-refractivity contribution in [3.8, 4) is 16.5 Å². The summed E-state index contributed by atoms with van der Waals surface area (Å²) < 4.78 is 7.82. The van der Waals surface area contributed by atoms with Gasteiger partial charge in [0.25, 0.3) is 0 Å². The van der Waals surface area contributed by atoms with Gasteiger partial charge in [0.2, 0.25) is 0 Å². The molecular weight excluding hydrogens is 390 g/mol. The fourth-order valence-electron chi connectivity index (χ4n) is 2.73. The summed E-state index contributed by atoms with van der Waals surface area (Å²) in [6.45, 7) is 9.66. The second-order valence-corrected chi connectivity index (χ2v) is 9.51. The highest BCUT2D eigenvalue weighted by molar-refractivity contribution is 7.99. The average molecular weight is 418 g/mol. The van der Waals surface area contributed by atoms with E-state index < -0.39 is 6.10 Å². The Kier molecular flexibility index (Phi) is 6.80. The topological polar surface area (TPSA) is 60.2 Å². The second kappa shape index (κ2) is 9.11. The van der Waals surface area contributed by atoms with Gasteiger partial charge in [0.15, 0.2) is 11.0 Å². The van der Waals surface area contributed by atoms with Crippen LogP contribution in [0.2, 0.25) is 0 Å². The van der Waals surface area contributed by atoms with Gasteiger partial charge in [-0.1, -0.05) is 50.7 Å². The zero-order valence-corrected chi connectivity index (χ0v) is 18.4. The first-order valence-corrected chi connectivity index (χ1v) is 11.3. The first-order chi connectivity index (χ1) is 13.4. The van der Waals surface area contributed by atoms with Crippen LogP contribution in [-0.2, 0) is 12.0 Å². The molecule has 1 aromatic carbocycles. The van der Waals surface area contributed by atoms with Crippen molar-refractivity contribution in [3.63, 3.8) is 0 Å². The molecule has 0 unspecified atom stereocenters. The molecule has 0 radical (unpaired) electrons. The van der Waals surface area contributed by atoms with E-state index in [4.69, 9.17) is 4.74 Å². The number of rotatable bonds is 8. The van der Waals surface area contributed by atoms with Crippen LogP contribution in [0.3, 0.4) is 0 Å². The Balaban J connectivity index is 1.53. The molecule has 0 saturated heterocycles. The van der Waals surface area contributed by atoms with Gasteiger partial charge in [0, 0.05) is 12.3 Å². The first kappa shape index (κ1) is 20.9.